The van der Waals surface area contributed by atoms with Crippen molar-refractivity contribution < 1.29 is 18.5 Å². The maximum atomic E-state index is 13.3. The van der Waals surface area contributed by atoms with Gasteiger partial charge >= 0.3 is 5.88 Å². The topological polar surface area (TPSA) is 85.4 Å². The average molecular weight is 278 g/mol. The van der Waals surface area contributed by atoms with Crippen LogP contribution in [0.2, 0.25) is 0 Å². The molecule has 0 unspecified atom stereocenters. The Hall–Kier alpha value is -2.70. The van der Waals surface area contributed by atoms with Crippen molar-refractivity contribution in [1.82, 2.24) is 5.32 Å². The van der Waals surface area contributed by atoms with Crippen LogP contribution in [0.5, 0.6) is 0 Å². The summed E-state index contributed by atoms with van der Waals surface area (Å²) < 4.78 is 18.1. The summed E-state index contributed by atoms with van der Waals surface area (Å²) in [5.41, 5.74) is 0.484. The molecule has 104 valence electrons. The molecule has 0 aliphatic carbocycles. The standard InChI is InChI=1S/C13H11FN2O4/c14-10-4-2-1-3-9(10)7-8-15-13(17)11-5-6-12(20-11)16(18)19/h1-6H,7-8H2,(H,15,17). The molecule has 1 N–H and O–H groups in total. The van der Waals surface area contributed by atoms with Gasteiger partial charge in [0, 0.05) is 6.54 Å². The number of furan rings is 1. The highest BCUT2D eigenvalue weighted by atomic mass is 19.1. The molecule has 1 aromatic heterocycles. The molecule has 7 heteroatoms. The number of nitrogens with zero attached hydrogens (tertiary/aromatic N) is 1. The molecule has 0 aliphatic heterocycles. The summed E-state index contributed by atoms with van der Waals surface area (Å²) in [6, 6.07) is 8.57. The third kappa shape index (κ3) is 3.19. The van der Waals surface area contributed by atoms with Crippen LogP contribution in [0.4, 0.5) is 10.3 Å². The van der Waals surface area contributed by atoms with Crippen LogP contribution < -0.4 is 5.32 Å². The summed E-state index contributed by atoms with van der Waals surface area (Å²) in [5.74, 6) is -1.56. The Morgan fingerprint density at radius 2 is 2.05 bits per heavy atom. The molecular formula is C13H11FN2O4. The molecule has 0 spiro atoms. The van der Waals surface area contributed by atoms with Gasteiger partial charge in [0.15, 0.2) is 5.76 Å². The van der Waals surface area contributed by atoms with Gasteiger partial charge in [-0.1, -0.05) is 18.2 Å². The minimum Gasteiger partial charge on any atom is -0.395 e. The quantitative estimate of drug-likeness (QED) is 0.671. The lowest BCUT2D eigenvalue weighted by atomic mass is 10.1. The second-order valence-electron chi connectivity index (χ2n) is 3.99. The molecule has 1 amide bonds. The minimum absolute atomic E-state index is 0.148. The molecule has 20 heavy (non-hydrogen) atoms. The predicted molar refractivity (Wildman–Crippen MR) is 67.8 cm³/mol. The molecule has 1 aromatic carbocycles. The Morgan fingerprint density at radius 3 is 2.70 bits per heavy atom. The highest BCUT2D eigenvalue weighted by Gasteiger charge is 2.16. The van der Waals surface area contributed by atoms with E-state index in [1.54, 1.807) is 18.2 Å². The fraction of sp³-hybridized carbons (Fsp3) is 0.154. The smallest absolute Gasteiger partial charge is 0.395 e. The van der Waals surface area contributed by atoms with Crippen molar-refractivity contribution in [2.45, 2.75) is 6.42 Å². The number of amides is 1. The number of hydrogen-bond donors (Lipinski definition) is 1. The van der Waals surface area contributed by atoms with Crippen molar-refractivity contribution in [1.29, 1.82) is 0 Å². The summed E-state index contributed by atoms with van der Waals surface area (Å²) in [6.07, 6.45) is 0.321. The van der Waals surface area contributed by atoms with E-state index >= 15 is 0 Å². The van der Waals surface area contributed by atoms with E-state index in [4.69, 9.17) is 4.42 Å². The first-order valence-corrected chi connectivity index (χ1v) is 5.84. The molecule has 0 bridgehead atoms. The zero-order chi connectivity index (χ0) is 14.5. The third-order valence-corrected chi connectivity index (χ3v) is 2.63. The van der Waals surface area contributed by atoms with Crippen molar-refractivity contribution in [3.63, 3.8) is 0 Å². The maximum absolute atomic E-state index is 13.3. The molecule has 0 saturated heterocycles. The van der Waals surface area contributed by atoms with Crippen LogP contribution in [0.1, 0.15) is 16.1 Å². The monoisotopic (exact) mass is 278 g/mol. The van der Waals surface area contributed by atoms with Crippen LogP contribution in [-0.4, -0.2) is 17.4 Å². The molecule has 1 heterocycles. The lowest BCUT2D eigenvalue weighted by Crippen LogP contribution is -2.25. The highest BCUT2D eigenvalue weighted by Crippen LogP contribution is 2.15. The van der Waals surface area contributed by atoms with Gasteiger partial charge in [-0.3, -0.25) is 14.9 Å². The molecule has 0 aliphatic rings. The average Bonchev–Trinajstić information content (AvgIpc) is 2.91. The summed E-state index contributed by atoms with van der Waals surface area (Å²) >= 11 is 0. The van der Waals surface area contributed by atoms with Gasteiger partial charge in [-0.25, -0.2) is 4.39 Å². The van der Waals surface area contributed by atoms with Gasteiger partial charge in [0.25, 0.3) is 5.91 Å². The van der Waals surface area contributed by atoms with Crippen molar-refractivity contribution >= 4 is 11.8 Å². The first-order valence-electron chi connectivity index (χ1n) is 5.84. The van der Waals surface area contributed by atoms with Crippen molar-refractivity contribution in [3.8, 4) is 0 Å². The summed E-state index contributed by atoms with van der Waals surface area (Å²) in [5, 5.41) is 12.9. The first-order chi connectivity index (χ1) is 9.58. The fourth-order valence-electron chi connectivity index (χ4n) is 1.65. The fourth-order valence-corrected chi connectivity index (χ4v) is 1.65. The maximum Gasteiger partial charge on any atom is 0.433 e. The predicted octanol–water partition coefficient (Wildman–Crippen LogP) is 2.30. The number of rotatable bonds is 5. The van der Waals surface area contributed by atoms with Gasteiger partial charge in [0.05, 0.1) is 6.07 Å². The minimum atomic E-state index is -0.726. The van der Waals surface area contributed by atoms with Gasteiger partial charge in [0.2, 0.25) is 0 Å². The lowest BCUT2D eigenvalue weighted by molar-refractivity contribution is -0.402. The molecule has 0 radical (unpaired) electrons. The van der Waals surface area contributed by atoms with Crippen LogP contribution >= 0.6 is 0 Å². The van der Waals surface area contributed by atoms with Crippen LogP contribution in [0, 0.1) is 15.9 Å². The zero-order valence-corrected chi connectivity index (χ0v) is 10.3. The summed E-state index contributed by atoms with van der Waals surface area (Å²) in [7, 11) is 0. The molecule has 6 nitrogen and oxygen atoms in total. The van der Waals surface area contributed by atoms with Crippen LogP contribution in [-0.2, 0) is 6.42 Å². The Morgan fingerprint density at radius 1 is 1.30 bits per heavy atom. The van der Waals surface area contributed by atoms with Crippen LogP contribution in [0.15, 0.2) is 40.8 Å². The lowest BCUT2D eigenvalue weighted by Gasteiger charge is -2.04. The van der Waals surface area contributed by atoms with Crippen LogP contribution in [0.3, 0.4) is 0 Å². The van der Waals surface area contributed by atoms with E-state index in [2.05, 4.69) is 5.32 Å². The first kappa shape index (κ1) is 13.7. The number of carbonyl (C=O) groups excluding carboxylic acids is 1. The van der Waals surface area contributed by atoms with E-state index < -0.39 is 16.7 Å². The Balaban J connectivity index is 1.89. The molecule has 2 rings (SSSR count). The Kier molecular flexibility index (Phi) is 4.09. The van der Waals surface area contributed by atoms with E-state index in [-0.39, 0.29) is 18.1 Å². The number of benzene rings is 1. The largest absolute Gasteiger partial charge is 0.433 e. The number of nitrogens with one attached hydrogen (secondary N) is 1. The molecule has 2 aromatic rings. The van der Waals surface area contributed by atoms with E-state index in [0.717, 1.165) is 6.07 Å². The molecular weight excluding hydrogens is 267 g/mol. The third-order valence-electron chi connectivity index (χ3n) is 2.63. The van der Waals surface area contributed by atoms with Crippen LogP contribution in [0.25, 0.3) is 0 Å². The molecule has 0 saturated carbocycles. The number of nitro groups is 1. The summed E-state index contributed by atoms with van der Waals surface area (Å²) in [4.78, 5) is 21.3. The van der Waals surface area contributed by atoms with Crippen molar-refractivity contribution in [3.05, 3.63) is 63.7 Å². The van der Waals surface area contributed by atoms with E-state index in [9.17, 15) is 19.3 Å². The molecule has 0 fully saturated rings. The SMILES string of the molecule is O=C(NCCc1ccccc1F)c1ccc([N+](=O)[O-])o1. The highest BCUT2D eigenvalue weighted by molar-refractivity contribution is 5.91. The van der Waals surface area contributed by atoms with Gasteiger partial charge in [-0.15, -0.1) is 0 Å². The number of hydrogen-bond acceptors (Lipinski definition) is 4. The number of carbonyl (C=O) groups is 1. The zero-order valence-electron chi connectivity index (χ0n) is 10.3. The molecule has 0 atom stereocenters. The normalized spacial score (nSPS) is 10.2. The van der Waals surface area contributed by atoms with Gasteiger partial charge in [-0.2, -0.15) is 0 Å². The van der Waals surface area contributed by atoms with Crippen molar-refractivity contribution in [2.24, 2.45) is 0 Å². The van der Waals surface area contributed by atoms with E-state index in [1.165, 1.54) is 12.1 Å². The second kappa shape index (κ2) is 5.96. The van der Waals surface area contributed by atoms with E-state index in [1.807, 2.05) is 0 Å². The van der Waals surface area contributed by atoms with Gasteiger partial charge < -0.3 is 9.73 Å². The van der Waals surface area contributed by atoms with Gasteiger partial charge in [0.1, 0.15) is 10.7 Å². The second-order valence-corrected chi connectivity index (χ2v) is 3.99. The summed E-state index contributed by atoms with van der Waals surface area (Å²) in [6.45, 7) is 0.203. The van der Waals surface area contributed by atoms with E-state index in [0.29, 0.717) is 12.0 Å². The Labute approximate surface area is 113 Å². The Bertz CT molecular complexity index is 639. The number of halogens is 1. The van der Waals surface area contributed by atoms with Crippen molar-refractivity contribution in [2.75, 3.05) is 6.54 Å². The van der Waals surface area contributed by atoms with Gasteiger partial charge in [-0.05, 0) is 24.1 Å².